The quantitative estimate of drug-likeness (QED) is 0.679. The second-order valence-corrected chi connectivity index (χ2v) is 7.48. The van der Waals surface area contributed by atoms with Crippen LogP contribution < -0.4 is 10.0 Å². The van der Waals surface area contributed by atoms with E-state index in [0.29, 0.717) is 11.3 Å². The van der Waals surface area contributed by atoms with Crippen molar-refractivity contribution in [1.82, 2.24) is 9.78 Å². The van der Waals surface area contributed by atoms with Crippen LogP contribution in [0.25, 0.3) is 0 Å². The van der Waals surface area contributed by atoms with Crippen LogP contribution in [0.15, 0.2) is 65.7 Å². The highest BCUT2D eigenvalue weighted by Crippen LogP contribution is 2.18. The number of aromatic nitrogens is 2. The molecule has 7 nitrogen and oxygen atoms in total. The fraction of sp³-hybridized carbons (Fsp3) is 0.111. The topological polar surface area (TPSA) is 93.1 Å². The number of hydrogen-bond acceptors (Lipinski definition) is 4. The maximum atomic E-state index is 13.7. The monoisotopic (exact) mass is 388 g/mol. The summed E-state index contributed by atoms with van der Waals surface area (Å²) in [5.41, 5.74) is 0.944. The summed E-state index contributed by atoms with van der Waals surface area (Å²) in [6, 6.07) is 13.5. The van der Waals surface area contributed by atoms with Crippen molar-refractivity contribution in [3.05, 3.63) is 72.2 Å². The summed E-state index contributed by atoms with van der Waals surface area (Å²) in [6.07, 6.45) is 1.56. The first-order valence-corrected chi connectivity index (χ1v) is 9.49. The van der Waals surface area contributed by atoms with Gasteiger partial charge in [0.2, 0.25) is 5.91 Å². The molecule has 0 spiro atoms. The Labute approximate surface area is 155 Å². The molecule has 0 aliphatic carbocycles. The lowest BCUT2D eigenvalue weighted by Crippen LogP contribution is -2.14. The number of sulfonamides is 1. The maximum absolute atomic E-state index is 13.7. The highest BCUT2D eigenvalue weighted by Gasteiger charge is 2.16. The summed E-state index contributed by atoms with van der Waals surface area (Å²) in [6.45, 7) is 1.55. The van der Waals surface area contributed by atoms with Gasteiger partial charge in [0.15, 0.2) is 5.82 Å². The summed E-state index contributed by atoms with van der Waals surface area (Å²) in [5.74, 6) is -0.476. The molecule has 9 heteroatoms. The van der Waals surface area contributed by atoms with Crippen molar-refractivity contribution in [1.29, 1.82) is 0 Å². The molecule has 0 saturated heterocycles. The summed E-state index contributed by atoms with van der Waals surface area (Å²) in [4.78, 5) is 11.0. The van der Waals surface area contributed by atoms with Crippen LogP contribution in [-0.4, -0.2) is 24.1 Å². The Hall–Kier alpha value is -3.20. The van der Waals surface area contributed by atoms with E-state index in [1.165, 1.54) is 48.0 Å². The van der Waals surface area contributed by atoms with Gasteiger partial charge in [0, 0.05) is 30.4 Å². The molecule has 0 aliphatic heterocycles. The van der Waals surface area contributed by atoms with Gasteiger partial charge in [-0.2, -0.15) is 5.10 Å². The zero-order chi connectivity index (χ0) is 19.4. The molecule has 0 bridgehead atoms. The fourth-order valence-electron chi connectivity index (χ4n) is 2.42. The Balaban J connectivity index is 1.72. The van der Waals surface area contributed by atoms with Gasteiger partial charge in [-0.05, 0) is 30.3 Å². The van der Waals surface area contributed by atoms with Gasteiger partial charge in [-0.1, -0.05) is 18.2 Å². The third-order valence-electron chi connectivity index (χ3n) is 3.65. The van der Waals surface area contributed by atoms with Gasteiger partial charge < -0.3 is 5.32 Å². The van der Waals surface area contributed by atoms with Crippen LogP contribution in [0.3, 0.4) is 0 Å². The predicted octanol–water partition coefficient (Wildman–Crippen LogP) is 2.83. The number of nitrogens with one attached hydrogen (secondary N) is 2. The van der Waals surface area contributed by atoms with E-state index in [9.17, 15) is 17.6 Å². The second-order valence-electron chi connectivity index (χ2n) is 5.80. The normalized spacial score (nSPS) is 11.2. The number of anilines is 2. The first-order valence-electron chi connectivity index (χ1n) is 8.01. The molecular formula is C18H17FN4O3S. The number of benzene rings is 2. The standard InChI is InChI=1S/C18H17FN4O3S/c1-13(24)20-15-6-8-16(9-7-15)27(25,26)22-18-10-11-23(21-18)12-14-4-2-3-5-17(14)19/h2-11H,12H2,1H3,(H,20,24)(H,21,22). The number of hydrogen-bond donors (Lipinski definition) is 2. The second kappa shape index (κ2) is 7.58. The van der Waals surface area contributed by atoms with Crippen LogP contribution >= 0.6 is 0 Å². The Morgan fingerprint density at radius 1 is 1.11 bits per heavy atom. The molecule has 1 heterocycles. The van der Waals surface area contributed by atoms with E-state index in [-0.39, 0.29) is 29.0 Å². The zero-order valence-electron chi connectivity index (χ0n) is 14.4. The van der Waals surface area contributed by atoms with Crippen molar-refractivity contribution in [2.24, 2.45) is 0 Å². The molecule has 3 aromatic rings. The molecule has 0 atom stereocenters. The average molecular weight is 388 g/mol. The minimum atomic E-state index is -3.84. The molecule has 2 N–H and O–H groups in total. The van der Waals surface area contributed by atoms with Gasteiger partial charge >= 0.3 is 0 Å². The van der Waals surface area contributed by atoms with Crippen molar-refractivity contribution in [3.63, 3.8) is 0 Å². The van der Waals surface area contributed by atoms with Gasteiger partial charge in [-0.3, -0.25) is 14.2 Å². The first kappa shape index (κ1) is 18.6. The molecule has 3 rings (SSSR count). The lowest BCUT2D eigenvalue weighted by Gasteiger charge is -2.07. The minimum absolute atomic E-state index is 0.0280. The van der Waals surface area contributed by atoms with Gasteiger partial charge in [-0.25, -0.2) is 12.8 Å². The van der Waals surface area contributed by atoms with Crippen LogP contribution in [0.1, 0.15) is 12.5 Å². The van der Waals surface area contributed by atoms with E-state index in [1.807, 2.05) is 0 Å². The Kier molecular flexibility index (Phi) is 5.22. The van der Waals surface area contributed by atoms with Crippen molar-refractivity contribution in [2.75, 3.05) is 10.0 Å². The van der Waals surface area contributed by atoms with Crippen LogP contribution in [0.4, 0.5) is 15.9 Å². The molecule has 27 heavy (non-hydrogen) atoms. The number of amides is 1. The maximum Gasteiger partial charge on any atom is 0.263 e. The lowest BCUT2D eigenvalue weighted by molar-refractivity contribution is -0.114. The smallest absolute Gasteiger partial charge is 0.263 e. The van der Waals surface area contributed by atoms with Gasteiger partial charge in [-0.15, -0.1) is 0 Å². The third-order valence-corrected chi connectivity index (χ3v) is 5.03. The number of nitrogens with zero attached hydrogens (tertiary/aromatic N) is 2. The molecule has 0 unspecified atom stereocenters. The Morgan fingerprint density at radius 2 is 1.81 bits per heavy atom. The molecule has 2 aromatic carbocycles. The zero-order valence-corrected chi connectivity index (χ0v) is 15.2. The highest BCUT2D eigenvalue weighted by atomic mass is 32.2. The SMILES string of the molecule is CC(=O)Nc1ccc(S(=O)(=O)Nc2ccn(Cc3ccccc3F)n2)cc1. The van der Waals surface area contributed by atoms with E-state index < -0.39 is 10.0 Å². The number of carbonyl (C=O) groups is 1. The molecule has 1 aromatic heterocycles. The van der Waals surface area contributed by atoms with Crippen LogP contribution in [-0.2, 0) is 21.4 Å². The molecular weight excluding hydrogens is 371 g/mol. The predicted molar refractivity (Wildman–Crippen MR) is 99.3 cm³/mol. The Bertz CT molecular complexity index is 1060. The number of halogens is 1. The number of carbonyl (C=O) groups excluding carboxylic acids is 1. The van der Waals surface area contributed by atoms with Gasteiger partial charge in [0.25, 0.3) is 10.0 Å². The molecule has 0 saturated carbocycles. The van der Waals surface area contributed by atoms with Crippen molar-refractivity contribution in [2.45, 2.75) is 18.4 Å². The lowest BCUT2D eigenvalue weighted by atomic mass is 10.2. The van der Waals surface area contributed by atoms with Gasteiger partial charge in [0.1, 0.15) is 5.82 Å². The Morgan fingerprint density at radius 3 is 2.48 bits per heavy atom. The van der Waals surface area contributed by atoms with E-state index in [4.69, 9.17) is 0 Å². The summed E-state index contributed by atoms with van der Waals surface area (Å²) in [5, 5.41) is 6.68. The molecule has 0 aliphatic rings. The van der Waals surface area contributed by atoms with Crippen molar-refractivity contribution < 1.29 is 17.6 Å². The summed E-state index contributed by atoms with van der Waals surface area (Å²) in [7, 11) is -3.84. The highest BCUT2D eigenvalue weighted by molar-refractivity contribution is 7.92. The minimum Gasteiger partial charge on any atom is -0.326 e. The van der Waals surface area contributed by atoms with Gasteiger partial charge in [0.05, 0.1) is 11.4 Å². The number of rotatable bonds is 6. The first-order chi connectivity index (χ1) is 12.8. The third kappa shape index (κ3) is 4.70. The van der Waals surface area contributed by atoms with Crippen LogP contribution in [0.2, 0.25) is 0 Å². The summed E-state index contributed by atoms with van der Waals surface area (Å²) >= 11 is 0. The van der Waals surface area contributed by atoms with E-state index >= 15 is 0 Å². The van der Waals surface area contributed by atoms with Crippen LogP contribution in [0.5, 0.6) is 0 Å². The molecule has 0 fully saturated rings. The van der Waals surface area contributed by atoms with Crippen molar-refractivity contribution >= 4 is 27.4 Å². The van der Waals surface area contributed by atoms with E-state index in [1.54, 1.807) is 24.4 Å². The molecule has 0 radical (unpaired) electrons. The molecule has 1 amide bonds. The average Bonchev–Trinajstić information content (AvgIpc) is 3.03. The summed E-state index contributed by atoms with van der Waals surface area (Å²) < 4.78 is 42.4. The van der Waals surface area contributed by atoms with E-state index in [0.717, 1.165) is 0 Å². The van der Waals surface area contributed by atoms with Crippen molar-refractivity contribution in [3.8, 4) is 0 Å². The fourth-order valence-corrected chi connectivity index (χ4v) is 3.42. The van der Waals surface area contributed by atoms with E-state index in [2.05, 4.69) is 15.1 Å². The molecule has 140 valence electrons. The largest absolute Gasteiger partial charge is 0.326 e. The van der Waals surface area contributed by atoms with Crippen LogP contribution in [0, 0.1) is 5.82 Å².